The minimum absolute atomic E-state index is 0.124. The fourth-order valence-electron chi connectivity index (χ4n) is 2.03. The lowest BCUT2D eigenvalue weighted by molar-refractivity contribution is 0.0932. The summed E-state index contributed by atoms with van der Waals surface area (Å²) >= 11 is 5.87. The molecule has 114 valence electrons. The van der Waals surface area contributed by atoms with Gasteiger partial charge in [0.25, 0.3) is 11.8 Å². The van der Waals surface area contributed by atoms with Crippen molar-refractivity contribution in [2.75, 3.05) is 0 Å². The maximum Gasteiger partial charge on any atom is 0.267 e. The van der Waals surface area contributed by atoms with Crippen molar-refractivity contribution in [3.05, 3.63) is 64.4 Å². The molecular formula is C16H16ClN3O2. The molecule has 1 heterocycles. The fraction of sp³-hybridized carbons (Fsp3) is 0.188. The number of halogens is 1. The Morgan fingerprint density at radius 3 is 2.41 bits per heavy atom. The Bertz CT molecular complexity index is 669. The zero-order valence-corrected chi connectivity index (χ0v) is 12.8. The summed E-state index contributed by atoms with van der Waals surface area (Å²) in [4.78, 5) is 27.1. The maximum absolute atomic E-state index is 12.2. The monoisotopic (exact) mass is 317 g/mol. The summed E-state index contributed by atoms with van der Waals surface area (Å²) in [6, 6.07) is 10.2. The van der Waals surface area contributed by atoms with E-state index < -0.39 is 5.91 Å². The second-order valence-corrected chi connectivity index (χ2v) is 5.22. The first-order valence-electron chi connectivity index (χ1n) is 6.83. The van der Waals surface area contributed by atoms with Gasteiger partial charge in [-0.25, -0.2) is 0 Å². The van der Waals surface area contributed by atoms with Gasteiger partial charge in [0.1, 0.15) is 5.69 Å². The second-order valence-electron chi connectivity index (χ2n) is 4.78. The van der Waals surface area contributed by atoms with Crippen LogP contribution in [0.3, 0.4) is 0 Å². The quantitative estimate of drug-likeness (QED) is 0.889. The smallest absolute Gasteiger partial charge is 0.267 e. The molecule has 6 heteroatoms. The minimum atomic E-state index is -0.625. The topological polar surface area (TPSA) is 85.1 Å². The van der Waals surface area contributed by atoms with E-state index in [1.807, 2.05) is 19.1 Å². The SMILES string of the molecule is CCC(NC(=O)c1ccc(C(N)=O)nc1)c1ccc(Cl)cc1. The lowest BCUT2D eigenvalue weighted by atomic mass is 10.0. The normalized spacial score (nSPS) is 11.7. The molecule has 0 aliphatic rings. The highest BCUT2D eigenvalue weighted by Crippen LogP contribution is 2.19. The van der Waals surface area contributed by atoms with Gasteiger partial charge in [0.15, 0.2) is 0 Å². The van der Waals surface area contributed by atoms with E-state index in [0.717, 1.165) is 12.0 Å². The van der Waals surface area contributed by atoms with Crippen molar-refractivity contribution < 1.29 is 9.59 Å². The first-order chi connectivity index (χ1) is 10.5. The Balaban J connectivity index is 2.11. The van der Waals surface area contributed by atoms with Crippen LogP contribution in [0.15, 0.2) is 42.6 Å². The molecule has 2 amide bonds. The van der Waals surface area contributed by atoms with Crippen LogP contribution in [0, 0.1) is 0 Å². The highest BCUT2D eigenvalue weighted by Gasteiger charge is 2.15. The van der Waals surface area contributed by atoms with Crippen molar-refractivity contribution >= 4 is 23.4 Å². The highest BCUT2D eigenvalue weighted by molar-refractivity contribution is 6.30. The number of primary amides is 1. The number of amides is 2. The Morgan fingerprint density at radius 1 is 1.23 bits per heavy atom. The standard InChI is InChI=1S/C16H16ClN3O2/c1-2-13(10-3-6-12(17)7-4-10)20-16(22)11-5-8-14(15(18)21)19-9-11/h3-9,13H,2H2,1H3,(H2,18,21)(H,20,22). The van der Waals surface area contributed by atoms with Crippen LogP contribution in [0.2, 0.25) is 5.02 Å². The number of benzene rings is 1. The molecule has 5 nitrogen and oxygen atoms in total. The van der Waals surface area contributed by atoms with Crippen LogP contribution in [0.1, 0.15) is 45.8 Å². The number of nitrogens with two attached hydrogens (primary N) is 1. The molecule has 0 aliphatic heterocycles. The number of nitrogens with zero attached hydrogens (tertiary/aromatic N) is 1. The van der Waals surface area contributed by atoms with Gasteiger partial charge in [0.2, 0.25) is 0 Å². The molecule has 1 atom stereocenters. The third kappa shape index (κ3) is 3.83. The summed E-state index contributed by atoms with van der Waals surface area (Å²) in [7, 11) is 0. The van der Waals surface area contributed by atoms with Crippen molar-refractivity contribution in [1.82, 2.24) is 10.3 Å². The predicted octanol–water partition coefficient (Wildman–Crippen LogP) is 2.72. The molecule has 0 aliphatic carbocycles. The number of rotatable bonds is 5. The molecule has 0 radical (unpaired) electrons. The van der Waals surface area contributed by atoms with Crippen LogP contribution < -0.4 is 11.1 Å². The molecule has 1 unspecified atom stereocenters. The third-order valence-electron chi connectivity index (χ3n) is 3.26. The predicted molar refractivity (Wildman–Crippen MR) is 84.7 cm³/mol. The maximum atomic E-state index is 12.2. The van der Waals surface area contributed by atoms with E-state index in [1.54, 1.807) is 12.1 Å². The fourth-order valence-corrected chi connectivity index (χ4v) is 2.16. The number of hydrogen-bond acceptors (Lipinski definition) is 3. The first kappa shape index (κ1) is 16.0. The number of pyridine rings is 1. The van der Waals surface area contributed by atoms with Crippen molar-refractivity contribution in [2.24, 2.45) is 5.73 Å². The largest absolute Gasteiger partial charge is 0.364 e. The first-order valence-corrected chi connectivity index (χ1v) is 7.21. The van der Waals surface area contributed by atoms with Crippen LogP contribution in [0.25, 0.3) is 0 Å². The van der Waals surface area contributed by atoms with E-state index in [2.05, 4.69) is 10.3 Å². The molecule has 1 aromatic carbocycles. The molecule has 22 heavy (non-hydrogen) atoms. The summed E-state index contributed by atoms with van der Waals surface area (Å²) in [6.07, 6.45) is 2.07. The number of carbonyl (C=O) groups is 2. The summed E-state index contributed by atoms with van der Waals surface area (Å²) in [5.74, 6) is -0.884. The minimum Gasteiger partial charge on any atom is -0.364 e. The molecule has 3 N–H and O–H groups in total. The highest BCUT2D eigenvalue weighted by atomic mass is 35.5. The molecule has 0 saturated heterocycles. The average molecular weight is 318 g/mol. The van der Waals surface area contributed by atoms with Gasteiger partial charge in [-0.05, 0) is 36.2 Å². The van der Waals surface area contributed by atoms with Crippen molar-refractivity contribution in [2.45, 2.75) is 19.4 Å². The van der Waals surface area contributed by atoms with Gasteiger partial charge >= 0.3 is 0 Å². The van der Waals surface area contributed by atoms with Crippen LogP contribution in [0.4, 0.5) is 0 Å². The van der Waals surface area contributed by atoms with E-state index in [4.69, 9.17) is 17.3 Å². The van der Waals surface area contributed by atoms with Crippen LogP contribution in [-0.2, 0) is 0 Å². The molecule has 0 bridgehead atoms. The van der Waals surface area contributed by atoms with Gasteiger partial charge in [-0.2, -0.15) is 0 Å². The van der Waals surface area contributed by atoms with Crippen LogP contribution >= 0.6 is 11.6 Å². The second kappa shape index (κ2) is 7.04. The van der Waals surface area contributed by atoms with Crippen LogP contribution in [0.5, 0.6) is 0 Å². The summed E-state index contributed by atoms with van der Waals surface area (Å²) < 4.78 is 0. The number of aromatic nitrogens is 1. The lowest BCUT2D eigenvalue weighted by Crippen LogP contribution is -2.28. The molecule has 2 aromatic rings. The lowest BCUT2D eigenvalue weighted by Gasteiger charge is -2.17. The summed E-state index contributed by atoms with van der Waals surface area (Å²) in [5.41, 5.74) is 6.59. The van der Waals surface area contributed by atoms with Gasteiger partial charge < -0.3 is 11.1 Å². The van der Waals surface area contributed by atoms with Crippen molar-refractivity contribution in [3.63, 3.8) is 0 Å². The van der Waals surface area contributed by atoms with E-state index >= 15 is 0 Å². The van der Waals surface area contributed by atoms with Crippen molar-refractivity contribution in [3.8, 4) is 0 Å². The van der Waals surface area contributed by atoms with Gasteiger partial charge in [-0.1, -0.05) is 30.7 Å². The molecule has 0 spiro atoms. The van der Waals surface area contributed by atoms with E-state index in [-0.39, 0.29) is 17.6 Å². The summed E-state index contributed by atoms with van der Waals surface area (Å²) in [6.45, 7) is 1.98. The Hall–Kier alpha value is -2.40. The third-order valence-corrected chi connectivity index (χ3v) is 3.52. The van der Waals surface area contributed by atoms with Crippen molar-refractivity contribution in [1.29, 1.82) is 0 Å². The Kier molecular flexibility index (Phi) is 5.12. The van der Waals surface area contributed by atoms with Crippen LogP contribution in [-0.4, -0.2) is 16.8 Å². The van der Waals surface area contributed by atoms with Gasteiger partial charge in [0, 0.05) is 11.2 Å². The molecule has 2 rings (SSSR count). The average Bonchev–Trinajstić information content (AvgIpc) is 2.53. The molecule has 0 saturated carbocycles. The van der Waals surface area contributed by atoms with E-state index in [1.165, 1.54) is 18.3 Å². The molecule has 1 aromatic heterocycles. The molecule has 0 fully saturated rings. The van der Waals surface area contributed by atoms with Gasteiger partial charge in [-0.15, -0.1) is 0 Å². The molecular weight excluding hydrogens is 302 g/mol. The summed E-state index contributed by atoms with van der Waals surface area (Å²) in [5, 5.41) is 3.58. The van der Waals surface area contributed by atoms with Gasteiger partial charge in [-0.3, -0.25) is 14.6 Å². The Labute approximate surface area is 133 Å². The zero-order valence-electron chi connectivity index (χ0n) is 12.0. The number of hydrogen-bond donors (Lipinski definition) is 2. The zero-order chi connectivity index (χ0) is 16.1. The van der Waals surface area contributed by atoms with Gasteiger partial charge in [0.05, 0.1) is 11.6 Å². The number of nitrogens with one attached hydrogen (secondary N) is 1. The number of carbonyl (C=O) groups excluding carboxylic acids is 2. The van der Waals surface area contributed by atoms with E-state index in [0.29, 0.717) is 10.6 Å². The van der Waals surface area contributed by atoms with E-state index in [9.17, 15) is 9.59 Å². The Morgan fingerprint density at radius 2 is 1.91 bits per heavy atom.